The number of carbonyl (C=O) groups is 3. The summed E-state index contributed by atoms with van der Waals surface area (Å²) in [7, 11) is 0. The monoisotopic (exact) mass is 547 g/mol. The van der Waals surface area contributed by atoms with Crippen molar-refractivity contribution < 1.29 is 24.2 Å². The molecule has 6 atom stereocenters. The van der Waals surface area contributed by atoms with Crippen LogP contribution >= 0.6 is 0 Å². The van der Waals surface area contributed by atoms with E-state index in [-0.39, 0.29) is 30.2 Å². The fourth-order valence-electron chi connectivity index (χ4n) is 7.24. The minimum atomic E-state index is -1.15. The largest absolute Gasteiger partial charge is 0.394 e. The Balaban J connectivity index is 1.52. The summed E-state index contributed by atoms with van der Waals surface area (Å²) in [5.41, 5.74) is 1.54. The Kier molecular flexibility index (Phi) is 7.52. The molecule has 40 heavy (non-hydrogen) atoms. The van der Waals surface area contributed by atoms with E-state index in [9.17, 15) is 19.5 Å². The lowest BCUT2D eigenvalue weighted by Crippen LogP contribution is -2.56. The summed E-state index contributed by atoms with van der Waals surface area (Å²) in [6.07, 6.45) is 1.58. The summed E-state index contributed by atoms with van der Waals surface area (Å²) in [6.45, 7) is 9.89. The summed E-state index contributed by atoms with van der Waals surface area (Å²) in [6, 6.07) is 13.9. The van der Waals surface area contributed by atoms with E-state index in [1.165, 1.54) is 0 Å². The van der Waals surface area contributed by atoms with E-state index in [0.29, 0.717) is 31.5 Å². The Hall–Kier alpha value is -3.23. The van der Waals surface area contributed by atoms with E-state index in [4.69, 9.17) is 4.74 Å². The highest BCUT2D eigenvalue weighted by Crippen LogP contribution is 2.63. The van der Waals surface area contributed by atoms with E-state index < -0.39 is 35.1 Å². The third-order valence-corrected chi connectivity index (χ3v) is 9.05. The van der Waals surface area contributed by atoms with Gasteiger partial charge < -0.3 is 25.4 Å². The van der Waals surface area contributed by atoms with Gasteiger partial charge in [-0.2, -0.15) is 0 Å². The van der Waals surface area contributed by atoms with Crippen molar-refractivity contribution in [3.05, 3.63) is 65.2 Å². The number of anilines is 1. The van der Waals surface area contributed by atoms with Crippen molar-refractivity contribution in [1.29, 1.82) is 0 Å². The first-order chi connectivity index (χ1) is 19.0. The van der Waals surface area contributed by atoms with E-state index in [1.807, 2.05) is 83.1 Å². The Labute approximate surface area is 236 Å². The smallest absolute Gasteiger partial charge is 0.250 e. The molecule has 214 valence electrons. The summed E-state index contributed by atoms with van der Waals surface area (Å²) in [5, 5.41) is 16.5. The summed E-state index contributed by atoms with van der Waals surface area (Å²) >= 11 is 0. The molecule has 5 rings (SSSR count). The highest BCUT2D eigenvalue weighted by molar-refractivity contribution is 6.04. The van der Waals surface area contributed by atoms with Crippen LogP contribution in [0.2, 0.25) is 0 Å². The first-order valence-corrected chi connectivity index (χ1v) is 14.3. The molecule has 3 heterocycles. The number of nitrogens with zero attached hydrogens (tertiary/aromatic N) is 1. The van der Waals surface area contributed by atoms with Crippen LogP contribution in [-0.4, -0.2) is 57.6 Å². The molecule has 8 heteroatoms. The fraction of sp³-hybridized carbons (Fsp3) is 0.531. The lowest BCUT2D eigenvalue weighted by molar-refractivity contribution is -0.148. The fourth-order valence-corrected chi connectivity index (χ4v) is 7.24. The molecular weight excluding hydrogens is 506 g/mol. The number of benzene rings is 2. The van der Waals surface area contributed by atoms with Crippen molar-refractivity contribution in [3.63, 3.8) is 0 Å². The molecule has 3 fully saturated rings. The molecule has 2 aromatic rings. The van der Waals surface area contributed by atoms with Gasteiger partial charge in [-0.3, -0.25) is 14.4 Å². The Morgan fingerprint density at radius 1 is 1.10 bits per heavy atom. The van der Waals surface area contributed by atoms with E-state index in [0.717, 1.165) is 16.7 Å². The first kappa shape index (κ1) is 28.3. The maximum Gasteiger partial charge on any atom is 0.250 e. The van der Waals surface area contributed by atoms with Crippen LogP contribution in [0.3, 0.4) is 0 Å². The molecule has 3 saturated heterocycles. The number of amides is 3. The first-order valence-electron chi connectivity index (χ1n) is 14.3. The molecule has 2 aromatic carbocycles. The van der Waals surface area contributed by atoms with Crippen LogP contribution in [0.4, 0.5) is 5.69 Å². The second-order valence-electron chi connectivity index (χ2n) is 12.5. The lowest BCUT2D eigenvalue weighted by atomic mass is 9.66. The minimum Gasteiger partial charge on any atom is -0.394 e. The predicted octanol–water partition coefficient (Wildman–Crippen LogP) is 3.73. The van der Waals surface area contributed by atoms with Gasteiger partial charge in [0.1, 0.15) is 11.6 Å². The highest BCUT2D eigenvalue weighted by atomic mass is 16.5. The number of ether oxygens (including phenoxy) is 1. The van der Waals surface area contributed by atoms with Crippen LogP contribution in [0.1, 0.15) is 56.7 Å². The molecular formula is C32H41N3O5. The normalized spacial score (nSPS) is 29.5. The van der Waals surface area contributed by atoms with Gasteiger partial charge in [-0.05, 0) is 68.7 Å². The van der Waals surface area contributed by atoms with Gasteiger partial charge >= 0.3 is 0 Å². The molecule has 3 aliphatic heterocycles. The Morgan fingerprint density at radius 2 is 1.82 bits per heavy atom. The van der Waals surface area contributed by atoms with Gasteiger partial charge in [0.15, 0.2) is 0 Å². The number of nitrogens with one attached hydrogen (secondary N) is 2. The number of aliphatic hydroxyl groups excluding tert-OH is 1. The number of aliphatic hydroxyl groups is 1. The molecule has 0 saturated carbocycles. The molecule has 0 radical (unpaired) electrons. The third kappa shape index (κ3) is 4.71. The number of hydrogen-bond donors (Lipinski definition) is 3. The second kappa shape index (κ2) is 10.6. The average molecular weight is 548 g/mol. The number of carbonyl (C=O) groups excluding carboxylic acids is 3. The van der Waals surface area contributed by atoms with Crippen molar-refractivity contribution in [1.82, 2.24) is 10.2 Å². The molecule has 3 amide bonds. The average Bonchev–Trinajstić information content (AvgIpc) is 3.49. The van der Waals surface area contributed by atoms with Crippen LogP contribution in [0.15, 0.2) is 48.5 Å². The van der Waals surface area contributed by atoms with E-state index in [2.05, 4.69) is 10.6 Å². The van der Waals surface area contributed by atoms with Crippen molar-refractivity contribution in [2.45, 2.75) is 83.7 Å². The van der Waals surface area contributed by atoms with Crippen LogP contribution in [0.5, 0.6) is 0 Å². The Morgan fingerprint density at radius 3 is 2.50 bits per heavy atom. The van der Waals surface area contributed by atoms with Crippen molar-refractivity contribution >= 4 is 23.4 Å². The summed E-state index contributed by atoms with van der Waals surface area (Å²) in [4.78, 5) is 43.8. The number of likely N-dealkylation sites (tertiary alicyclic amines) is 1. The standard InChI is InChI=1S/C32H41N3O5/c1-19(2)15-23(18-36)35-27(29(38)34-24-16-20(3)11-12-21(24)4)32-14-13-31(5,40-32)25(26(32)30(35)39)28(37)33-17-22-9-7-6-8-10-22/h6-12,16,19,23,25-27,36H,13-15,17-18H2,1-5H3,(H,33,37)(H,34,38)/t23-,25+,26+,27?,31-,32?/m1/s1. The zero-order valence-corrected chi connectivity index (χ0v) is 24.1. The topological polar surface area (TPSA) is 108 Å². The van der Waals surface area contributed by atoms with Crippen molar-refractivity contribution in [2.75, 3.05) is 11.9 Å². The van der Waals surface area contributed by atoms with Crippen molar-refractivity contribution in [3.8, 4) is 0 Å². The molecule has 2 bridgehead atoms. The van der Waals surface area contributed by atoms with Crippen LogP contribution in [0.25, 0.3) is 0 Å². The molecule has 8 nitrogen and oxygen atoms in total. The zero-order valence-electron chi connectivity index (χ0n) is 24.1. The molecule has 0 aromatic heterocycles. The van der Waals surface area contributed by atoms with Gasteiger partial charge in [0.05, 0.1) is 30.1 Å². The van der Waals surface area contributed by atoms with Crippen LogP contribution < -0.4 is 10.6 Å². The lowest BCUT2D eigenvalue weighted by Gasteiger charge is -2.37. The number of fused-ring (bicyclic) bond motifs is 1. The third-order valence-electron chi connectivity index (χ3n) is 9.05. The zero-order chi connectivity index (χ0) is 28.8. The quantitative estimate of drug-likeness (QED) is 0.444. The van der Waals surface area contributed by atoms with Gasteiger partial charge in [-0.15, -0.1) is 0 Å². The molecule has 2 unspecified atom stereocenters. The number of aryl methyl sites for hydroxylation is 2. The van der Waals surface area contributed by atoms with Gasteiger partial charge in [-0.25, -0.2) is 0 Å². The van der Waals surface area contributed by atoms with Gasteiger partial charge in [0.2, 0.25) is 17.7 Å². The number of hydrogen-bond acceptors (Lipinski definition) is 5. The van der Waals surface area contributed by atoms with Gasteiger partial charge in [-0.1, -0.05) is 56.3 Å². The summed E-state index contributed by atoms with van der Waals surface area (Å²) in [5.74, 6) is -2.24. The Bertz CT molecular complexity index is 1300. The second-order valence-corrected chi connectivity index (χ2v) is 12.5. The van der Waals surface area contributed by atoms with Crippen LogP contribution in [-0.2, 0) is 25.7 Å². The summed E-state index contributed by atoms with van der Waals surface area (Å²) < 4.78 is 6.72. The number of rotatable bonds is 9. The maximum absolute atomic E-state index is 14.3. The van der Waals surface area contributed by atoms with E-state index >= 15 is 0 Å². The van der Waals surface area contributed by atoms with Gasteiger partial charge in [0.25, 0.3) is 0 Å². The SMILES string of the molecule is Cc1ccc(C)c(NC(=O)C2N([C@@H](CO)CC(C)C)C(=O)[C@@H]3[C@@H](C(=O)NCc4ccccc4)[C@@]4(C)CCC23O4)c1. The van der Waals surface area contributed by atoms with Crippen LogP contribution in [0, 0.1) is 31.6 Å². The molecule has 3 aliphatic rings. The van der Waals surface area contributed by atoms with Gasteiger partial charge in [0, 0.05) is 12.2 Å². The highest BCUT2D eigenvalue weighted by Gasteiger charge is 2.78. The molecule has 1 spiro atoms. The predicted molar refractivity (Wildman–Crippen MR) is 152 cm³/mol. The molecule has 3 N–H and O–H groups in total. The minimum absolute atomic E-state index is 0.186. The van der Waals surface area contributed by atoms with E-state index in [1.54, 1.807) is 4.90 Å². The molecule has 0 aliphatic carbocycles. The van der Waals surface area contributed by atoms with Crippen molar-refractivity contribution in [2.24, 2.45) is 17.8 Å². The maximum atomic E-state index is 14.3.